The highest BCUT2D eigenvalue weighted by molar-refractivity contribution is 6.05. The van der Waals surface area contributed by atoms with E-state index < -0.39 is 5.91 Å². The molecule has 2 aromatic rings. The van der Waals surface area contributed by atoms with E-state index in [-0.39, 0.29) is 24.8 Å². The van der Waals surface area contributed by atoms with Crippen LogP contribution in [0.1, 0.15) is 13.3 Å². The molecule has 7 nitrogen and oxygen atoms in total. The molecule has 0 bridgehead atoms. The SMILES string of the molecule is COc1ccc(OCC(=O)N/N=C(\C)CC(=O)Nc2ccc(F)cc2)cc1. The molecular weight excluding hydrogens is 353 g/mol. The molecule has 2 amide bonds. The van der Waals surface area contributed by atoms with Crippen LogP contribution >= 0.6 is 0 Å². The van der Waals surface area contributed by atoms with E-state index in [1.807, 2.05) is 0 Å². The molecule has 2 N–H and O–H groups in total. The summed E-state index contributed by atoms with van der Waals surface area (Å²) >= 11 is 0. The highest BCUT2D eigenvalue weighted by atomic mass is 19.1. The van der Waals surface area contributed by atoms with Gasteiger partial charge in [-0.25, -0.2) is 9.82 Å². The number of hydrogen-bond acceptors (Lipinski definition) is 5. The van der Waals surface area contributed by atoms with Crippen LogP contribution < -0.4 is 20.2 Å². The number of rotatable bonds is 8. The normalized spacial score (nSPS) is 10.9. The fourth-order valence-corrected chi connectivity index (χ4v) is 2.02. The van der Waals surface area contributed by atoms with Gasteiger partial charge >= 0.3 is 0 Å². The van der Waals surface area contributed by atoms with E-state index in [1.165, 1.54) is 24.3 Å². The summed E-state index contributed by atoms with van der Waals surface area (Å²) in [5.41, 5.74) is 3.21. The van der Waals surface area contributed by atoms with E-state index >= 15 is 0 Å². The second kappa shape index (κ2) is 9.91. The molecule has 0 spiro atoms. The molecule has 0 atom stereocenters. The Bertz CT molecular complexity index is 805. The monoisotopic (exact) mass is 373 g/mol. The van der Waals surface area contributed by atoms with Gasteiger partial charge in [0.1, 0.15) is 17.3 Å². The summed E-state index contributed by atoms with van der Waals surface area (Å²) in [5, 5.41) is 6.47. The Morgan fingerprint density at radius 1 is 1.00 bits per heavy atom. The van der Waals surface area contributed by atoms with Crippen LogP contribution in [0.15, 0.2) is 53.6 Å². The number of nitrogens with zero attached hydrogens (tertiary/aromatic N) is 1. The van der Waals surface area contributed by atoms with Crippen LogP contribution in [-0.4, -0.2) is 31.2 Å². The molecule has 0 aromatic heterocycles. The summed E-state index contributed by atoms with van der Waals surface area (Å²) in [7, 11) is 1.56. The summed E-state index contributed by atoms with van der Waals surface area (Å²) in [4.78, 5) is 23.6. The third-order valence-electron chi connectivity index (χ3n) is 3.35. The third kappa shape index (κ3) is 7.15. The number of ether oxygens (including phenoxy) is 2. The summed E-state index contributed by atoms with van der Waals surface area (Å²) < 4.78 is 23.2. The summed E-state index contributed by atoms with van der Waals surface area (Å²) in [6.07, 6.45) is -0.0169. The molecule has 0 radical (unpaired) electrons. The van der Waals surface area contributed by atoms with E-state index in [2.05, 4.69) is 15.8 Å². The first kappa shape index (κ1) is 19.9. The van der Waals surface area contributed by atoms with Crippen LogP contribution in [0.2, 0.25) is 0 Å². The maximum Gasteiger partial charge on any atom is 0.277 e. The van der Waals surface area contributed by atoms with Crippen LogP contribution in [0.3, 0.4) is 0 Å². The first-order valence-electron chi connectivity index (χ1n) is 8.10. The first-order chi connectivity index (χ1) is 13.0. The predicted octanol–water partition coefficient (Wildman–Crippen LogP) is 2.73. The Kier molecular flexibility index (Phi) is 7.30. The van der Waals surface area contributed by atoms with Crippen molar-refractivity contribution in [3.8, 4) is 11.5 Å². The van der Waals surface area contributed by atoms with Crippen molar-refractivity contribution in [2.75, 3.05) is 19.0 Å². The smallest absolute Gasteiger partial charge is 0.277 e. The van der Waals surface area contributed by atoms with Gasteiger partial charge in [0.15, 0.2) is 6.61 Å². The van der Waals surface area contributed by atoms with Crippen LogP contribution in [0.5, 0.6) is 11.5 Å². The lowest BCUT2D eigenvalue weighted by molar-refractivity contribution is -0.123. The van der Waals surface area contributed by atoms with Gasteiger partial charge in [0.05, 0.1) is 13.5 Å². The van der Waals surface area contributed by atoms with Crippen molar-refractivity contribution in [1.29, 1.82) is 0 Å². The number of carbonyl (C=O) groups is 2. The zero-order valence-electron chi connectivity index (χ0n) is 15.0. The third-order valence-corrected chi connectivity index (χ3v) is 3.35. The van der Waals surface area contributed by atoms with Gasteiger partial charge in [-0.3, -0.25) is 9.59 Å². The molecule has 0 unspecified atom stereocenters. The Morgan fingerprint density at radius 3 is 2.26 bits per heavy atom. The Labute approximate surface area is 156 Å². The Balaban J connectivity index is 1.73. The van der Waals surface area contributed by atoms with E-state index in [0.29, 0.717) is 22.9 Å². The second-order valence-corrected chi connectivity index (χ2v) is 5.58. The van der Waals surface area contributed by atoms with Crippen molar-refractivity contribution in [2.24, 2.45) is 5.10 Å². The number of benzene rings is 2. The van der Waals surface area contributed by atoms with Crippen molar-refractivity contribution in [1.82, 2.24) is 5.43 Å². The number of carbonyl (C=O) groups excluding carboxylic acids is 2. The molecular formula is C19H20FN3O4. The number of anilines is 1. The van der Waals surface area contributed by atoms with Crippen molar-refractivity contribution in [3.05, 3.63) is 54.3 Å². The number of nitrogens with one attached hydrogen (secondary N) is 2. The molecule has 0 aliphatic rings. The number of hydrogen-bond donors (Lipinski definition) is 2. The van der Waals surface area contributed by atoms with Gasteiger partial charge in [-0.05, 0) is 55.5 Å². The maximum absolute atomic E-state index is 12.8. The van der Waals surface area contributed by atoms with E-state index in [0.717, 1.165) is 0 Å². The minimum Gasteiger partial charge on any atom is -0.497 e. The quantitative estimate of drug-likeness (QED) is 0.550. The standard InChI is InChI=1S/C19H20FN3O4/c1-13(11-18(24)21-15-5-3-14(20)4-6-15)22-23-19(25)12-27-17-9-7-16(26-2)8-10-17/h3-10H,11-12H2,1-2H3,(H,21,24)(H,23,25)/b22-13+. The van der Waals surface area contributed by atoms with Gasteiger partial charge in [0.25, 0.3) is 5.91 Å². The lowest BCUT2D eigenvalue weighted by Crippen LogP contribution is -2.26. The van der Waals surface area contributed by atoms with E-state index in [9.17, 15) is 14.0 Å². The molecule has 0 fully saturated rings. The van der Waals surface area contributed by atoms with Crippen molar-refractivity contribution < 1.29 is 23.5 Å². The first-order valence-corrected chi connectivity index (χ1v) is 8.10. The molecule has 2 aromatic carbocycles. The van der Waals surface area contributed by atoms with Crippen LogP contribution in [0, 0.1) is 5.82 Å². The molecule has 0 saturated heterocycles. The largest absolute Gasteiger partial charge is 0.497 e. The zero-order chi connectivity index (χ0) is 19.6. The number of hydrazone groups is 1. The lowest BCUT2D eigenvalue weighted by atomic mass is 10.2. The van der Waals surface area contributed by atoms with Gasteiger partial charge in [0, 0.05) is 11.4 Å². The zero-order valence-corrected chi connectivity index (χ0v) is 15.0. The summed E-state index contributed by atoms with van der Waals surface area (Å²) in [6, 6.07) is 12.2. The van der Waals surface area contributed by atoms with Gasteiger partial charge < -0.3 is 14.8 Å². The molecule has 0 aliphatic heterocycles. The van der Waals surface area contributed by atoms with Gasteiger partial charge in [-0.1, -0.05) is 0 Å². The minimum atomic E-state index is -0.455. The summed E-state index contributed by atoms with van der Waals surface area (Å²) in [5.74, 6) is 0.0391. The van der Waals surface area contributed by atoms with Crippen molar-refractivity contribution >= 4 is 23.2 Å². The van der Waals surface area contributed by atoms with Crippen molar-refractivity contribution in [2.45, 2.75) is 13.3 Å². The number of halogens is 1. The van der Waals surface area contributed by atoms with Crippen LogP contribution in [0.25, 0.3) is 0 Å². The molecule has 0 saturated carbocycles. The lowest BCUT2D eigenvalue weighted by Gasteiger charge is -2.07. The Hall–Kier alpha value is -3.42. The van der Waals surface area contributed by atoms with Crippen LogP contribution in [0.4, 0.5) is 10.1 Å². The Morgan fingerprint density at radius 2 is 1.63 bits per heavy atom. The van der Waals surface area contributed by atoms with Gasteiger partial charge in [0.2, 0.25) is 5.91 Å². The molecule has 2 rings (SSSR count). The fraction of sp³-hybridized carbons (Fsp3) is 0.211. The van der Waals surface area contributed by atoms with E-state index in [4.69, 9.17) is 9.47 Å². The fourth-order valence-electron chi connectivity index (χ4n) is 2.02. The molecule has 0 heterocycles. The van der Waals surface area contributed by atoms with Crippen molar-refractivity contribution in [3.63, 3.8) is 0 Å². The minimum absolute atomic E-state index is 0.0169. The highest BCUT2D eigenvalue weighted by Crippen LogP contribution is 2.16. The second-order valence-electron chi connectivity index (χ2n) is 5.58. The van der Waals surface area contributed by atoms with Crippen LogP contribution in [-0.2, 0) is 9.59 Å². The molecule has 8 heteroatoms. The number of amides is 2. The topological polar surface area (TPSA) is 89.0 Å². The molecule has 27 heavy (non-hydrogen) atoms. The average molecular weight is 373 g/mol. The number of methoxy groups -OCH3 is 1. The predicted molar refractivity (Wildman–Crippen MR) is 99.4 cm³/mol. The highest BCUT2D eigenvalue weighted by Gasteiger charge is 2.06. The van der Waals surface area contributed by atoms with Gasteiger partial charge in [-0.15, -0.1) is 0 Å². The molecule has 0 aliphatic carbocycles. The van der Waals surface area contributed by atoms with Gasteiger partial charge in [-0.2, -0.15) is 5.10 Å². The summed E-state index contributed by atoms with van der Waals surface area (Å²) in [6.45, 7) is 1.39. The maximum atomic E-state index is 12.8. The average Bonchev–Trinajstić information content (AvgIpc) is 2.67. The van der Waals surface area contributed by atoms with E-state index in [1.54, 1.807) is 38.3 Å². The molecule has 142 valence electrons.